The monoisotopic (exact) mass is 300 g/mol. The molecule has 0 saturated carbocycles. The Morgan fingerprint density at radius 3 is 2.14 bits per heavy atom. The molecule has 0 aromatic carbocycles. The van der Waals surface area contributed by atoms with Crippen LogP contribution in [-0.2, 0) is 14.3 Å². The van der Waals surface area contributed by atoms with Crippen molar-refractivity contribution >= 4 is 18.2 Å². The van der Waals surface area contributed by atoms with E-state index in [4.69, 9.17) is 14.6 Å². The largest absolute Gasteiger partial charge is 0.480 e. The zero-order valence-electron chi connectivity index (χ0n) is 11.2. The minimum Gasteiger partial charge on any atom is -0.480 e. The van der Waals surface area contributed by atoms with Gasteiger partial charge in [0.25, 0.3) is 0 Å². The van der Waals surface area contributed by atoms with Crippen molar-refractivity contribution < 1.29 is 34.1 Å². The highest BCUT2D eigenvalue weighted by atomic mass is 16.6. The molecule has 1 aliphatic heterocycles. The minimum atomic E-state index is -1.64. The molecule has 0 aromatic rings. The van der Waals surface area contributed by atoms with Crippen molar-refractivity contribution in [2.75, 3.05) is 19.8 Å². The molecule has 9 nitrogen and oxygen atoms in total. The lowest BCUT2D eigenvalue weighted by Gasteiger charge is -2.28. The predicted octanol–water partition coefficient (Wildman–Crippen LogP) is -0.0217. The minimum absolute atomic E-state index is 0.126. The number of carbonyl (C=O) groups excluding carboxylic acids is 2. The number of rotatable bonds is 5. The van der Waals surface area contributed by atoms with Crippen molar-refractivity contribution in [1.82, 2.24) is 10.0 Å². The van der Waals surface area contributed by atoms with E-state index >= 15 is 0 Å². The summed E-state index contributed by atoms with van der Waals surface area (Å²) >= 11 is 0. The molecular weight excluding hydrogens is 284 g/mol. The normalized spacial score (nSPS) is 20.8. The van der Waals surface area contributed by atoms with Gasteiger partial charge in [-0.2, -0.15) is 5.01 Å². The standard InChI is InChI=1S/C12H16N2O7/c1-3-5-20-11(18)13-7-8(15)9(10(16)17)14(13)12(19)21-6-4-2/h3-4,8-9,15H,1-2,5-7H2,(H,16,17). The van der Waals surface area contributed by atoms with Gasteiger partial charge in [0.15, 0.2) is 6.04 Å². The molecule has 21 heavy (non-hydrogen) atoms. The second-order valence-electron chi connectivity index (χ2n) is 4.01. The fourth-order valence-corrected chi connectivity index (χ4v) is 1.72. The van der Waals surface area contributed by atoms with Crippen molar-refractivity contribution in [2.45, 2.75) is 12.1 Å². The first kappa shape index (κ1) is 16.5. The summed E-state index contributed by atoms with van der Waals surface area (Å²) in [4.78, 5) is 34.8. The molecule has 1 aliphatic rings. The Kier molecular flexibility index (Phi) is 5.73. The topological polar surface area (TPSA) is 117 Å². The van der Waals surface area contributed by atoms with Gasteiger partial charge in [-0.3, -0.25) is 0 Å². The Hall–Kier alpha value is -2.55. The lowest BCUT2D eigenvalue weighted by molar-refractivity contribution is -0.146. The molecule has 1 rings (SSSR count). The molecule has 0 bridgehead atoms. The smallest absolute Gasteiger partial charge is 0.430 e. The van der Waals surface area contributed by atoms with Crippen LogP contribution in [0.2, 0.25) is 0 Å². The van der Waals surface area contributed by atoms with Gasteiger partial charge in [0.05, 0.1) is 6.54 Å². The molecule has 0 aliphatic carbocycles. The van der Waals surface area contributed by atoms with Gasteiger partial charge in [0.1, 0.15) is 19.3 Å². The molecule has 0 aromatic heterocycles. The summed E-state index contributed by atoms with van der Waals surface area (Å²) in [5.74, 6) is -1.47. The van der Waals surface area contributed by atoms with Gasteiger partial charge in [0.2, 0.25) is 0 Å². The highest BCUT2D eigenvalue weighted by Gasteiger charge is 2.50. The number of hydrogen-bond acceptors (Lipinski definition) is 6. The van der Waals surface area contributed by atoms with Crippen LogP contribution in [0, 0.1) is 0 Å². The molecule has 9 heteroatoms. The number of hydrazine groups is 1. The van der Waals surface area contributed by atoms with E-state index in [0.717, 1.165) is 0 Å². The number of nitrogens with zero attached hydrogens (tertiary/aromatic N) is 2. The van der Waals surface area contributed by atoms with Crippen LogP contribution in [0.15, 0.2) is 25.3 Å². The van der Waals surface area contributed by atoms with Crippen LogP contribution < -0.4 is 0 Å². The molecule has 0 spiro atoms. The number of carboxylic acids is 1. The van der Waals surface area contributed by atoms with E-state index in [2.05, 4.69) is 13.2 Å². The number of aliphatic hydroxyl groups excluding tert-OH is 1. The summed E-state index contributed by atoms with van der Waals surface area (Å²) in [6.45, 7) is 6.00. The van der Waals surface area contributed by atoms with Gasteiger partial charge >= 0.3 is 18.2 Å². The summed E-state index contributed by atoms with van der Waals surface area (Å²) in [6, 6.07) is -1.64. The molecule has 1 saturated heterocycles. The second-order valence-corrected chi connectivity index (χ2v) is 4.01. The average Bonchev–Trinajstić information content (AvgIpc) is 2.79. The molecule has 2 unspecified atom stereocenters. The molecule has 2 atom stereocenters. The SMILES string of the molecule is C=CCOC(=O)N1CC(O)C(C(=O)O)N1C(=O)OCC=C. The first-order valence-electron chi connectivity index (χ1n) is 5.96. The Balaban J connectivity index is 2.96. The lowest BCUT2D eigenvalue weighted by Crippen LogP contribution is -2.52. The van der Waals surface area contributed by atoms with Crippen molar-refractivity contribution in [3.63, 3.8) is 0 Å². The van der Waals surface area contributed by atoms with Crippen LogP contribution in [0.3, 0.4) is 0 Å². The molecule has 1 heterocycles. The number of aliphatic hydroxyl groups is 1. The van der Waals surface area contributed by atoms with Crippen LogP contribution in [0.1, 0.15) is 0 Å². The first-order valence-corrected chi connectivity index (χ1v) is 5.96. The third-order valence-electron chi connectivity index (χ3n) is 2.55. The van der Waals surface area contributed by atoms with E-state index in [-0.39, 0.29) is 13.2 Å². The molecule has 116 valence electrons. The summed E-state index contributed by atoms with van der Waals surface area (Å²) in [5.41, 5.74) is 0. The quantitative estimate of drug-likeness (QED) is 0.685. The van der Waals surface area contributed by atoms with Crippen molar-refractivity contribution in [3.05, 3.63) is 25.3 Å². The van der Waals surface area contributed by atoms with Crippen molar-refractivity contribution in [1.29, 1.82) is 0 Å². The van der Waals surface area contributed by atoms with E-state index < -0.39 is 36.8 Å². The Bertz CT molecular complexity index is 451. The van der Waals surface area contributed by atoms with E-state index in [9.17, 15) is 19.5 Å². The molecule has 2 amide bonds. The number of ether oxygens (including phenoxy) is 2. The first-order chi connectivity index (χ1) is 9.93. The zero-order valence-corrected chi connectivity index (χ0v) is 11.2. The number of carbonyl (C=O) groups is 3. The van der Waals surface area contributed by atoms with Crippen LogP contribution in [0.5, 0.6) is 0 Å². The number of carboxylic acid groups (broad SMARTS) is 1. The summed E-state index contributed by atoms with van der Waals surface area (Å²) < 4.78 is 9.45. The van der Waals surface area contributed by atoms with Crippen molar-refractivity contribution in [2.24, 2.45) is 0 Å². The number of amides is 2. The molecule has 0 radical (unpaired) electrons. The van der Waals surface area contributed by atoms with E-state index in [0.29, 0.717) is 10.0 Å². The van der Waals surface area contributed by atoms with Gasteiger partial charge < -0.3 is 19.7 Å². The average molecular weight is 300 g/mol. The summed E-state index contributed by atoms with van der Waals surface area (Å²) in [6.07, 6.45) is -0.974. The van der Waals surface area contributed by atoms with E-state index in [1.165, 1.54) is 12.2 Å². The lowest BCUT2D eigenvalue weighted by atomic mass is 10.2. The number of β-amino-alcohol motifs (C(OH)–C–C–N with tert-alkyl or cyclic N) is 1. The van der Waals surface area contributed by atoms with Crippen LogP contribution in [0.4, 0.5) is 9.59 Å². The second kappa shape index (κ2) is 7.29. The zero-order chi connectivity index (χ0) is 16.0. The van der Waals surface area contributed by atoms with Gasteiger partial charge in [-0.25, -0.2) is 19.4 Å². The number of hydrogen-bond donors (Lipinski definition) is 2. The van der Waals surface area contributed by atoms with Gasteiger partial charge in [-0.15, -0.1) is 0 Å². The van der Waals surface area contributed by atoms with Gasteiger partial charge in [-0.05, 0) is 0 Å². The Labute approximate surface area is 120 Å². The van der Waals surface area contributed by atoms with Crippen LogP contribution >= 0.6 is 0 Å². The third kappa shape index (κ3) is 3.72. The Morgan fingerprint density at radius 1 is 1.14 bits per heavy atom. The molecule has 2 N–H and O–H groups in total. The molecular formula is C12H16N2O7. The predicted molar refractivity (Wildman–Crippen MR) is 69.1 cm³/mol. The fourth-order valence-electron chi connectivity index (χ4n) is 1.72. The maximum Gasteiger partial charge on any atom is 0.430 e. The fraction of sp³-hybridized carbons (Fsp3) is 0.417. The maximum atomic E-state index is 11.9. The summed E-state index contributed by atoms with van der Waals surface area (Å²) in [5, 5.41) is 20.0. The van der Waals surface area contributed by atoms with Crippen LogP contribution in [-0.4, -0.2) is 70.3 Å². The Morgan fingerprint density at radius 2 is 1.67 bits per heavy atom. The van der Waals surface area contributed by atoms with Crippen molar-refractivity contribution in [3.8, 4) is 0 Å². The van der Waals surface area contributed by atoms with E-state index in [1.807, 2.05) is 0 Å². The summed E-state index contributed by atoms with van der Waals surface area (Å²) in [7, 11) is 0. The van der Waals surface area contributed by atoms with E-state index in [1.54, 1.807) is 0 Å². The van der Waals surface area contributed by atoms with Crippen LogP contribution in [0.25, 0.3) is 0 Å². The maximum absolute atomic E-state index is 11.9. The number of aliphatic carboxylic acids is 1. The highest BCUT2D eigenvalue weighted by molar-refractivity contribution is 5.84. The van der Waals surface area contributed by atoms with Gasteiger partial charge in [0, 0.05) is 0 Å². The van der Waals surface area contributed by atoms with Gasteiger partial charge in [-0.1, -0.05) is 25.3 Å². The third-order valence-corrected chi connectivity index (χ3v) is 2.55. The molecule has 1 fully saturated rings. The highest BCUT2D eigenvalue weighted by Crippen LogP contribution is 2.21.